The number of halogens is 1. The predicted molar refractivity (Wildman–Crippen MR) is 108 cm³/mol. The highest BCUT2D eigenvalue weighted by Gasteiger charge is 2.27. The number of aryl methyl sites for hydroxylation is 1. The summed E-state index contributed by atoms with van der Waals surface area (Å²) in [6.07, 6.45) is 5.19. The summed E-state index contributed by atoms with van der Waals surface area (Å²) < 4.78 is 7.24. The number of nitrogens with zero attached hydrogens (tertiary/aromatic N) is 5. The summed E-state index contributed by atoms with van der Waals surface area (Å²) in [6, 6.07) is 2.01. The van der Waals surface area contributed by atoms with Crippen LogP contribution in [0.25, 0.3) is 0 Å². The first-order valence-electron chi connectivity index (χ1n) is 8.46. The minimum atomic E-state index is 0. The lowest BCUT2D eigenvalue weighted by Crippen LogP contribution is -2.39. The number of aliphatic imine (C=N–C) groups is 1. The van der Waals surface area contributed by atoms with Crippen LogP contribution in [0.4, 0.5) is 0 Å². The Balaban J connectivity index is 0.00000225. The van der Waals surface area contributed by atoms with E-state index in [1.54, 1.807) is 0 Å². The molecule has 25 heavy (non-hydrogen) atoms. The minimum Gasteiger partial charge on any atom is -0.359 e. The standard InChI is InChI=1S/C17H26N6O.HI/c1-12(2)16-7-15(24-21-16)9-19-17(18-3)23-6-5-13(11-23)14-8-20-22(4)10-14;/h7-8,10,12-13H,5-6,9,11H2,1-4H3,(H,18,19);1H. The quantitative estimate of drug-likeness (QED) is 0.434. The fourth-order valence-electron chi connectivity index (χ4n) is 3.06. The average molecular weight is 458 g/mol. The van der Waals surface area contributed by atoms with Crippen molar-refractivity contribution in [1.82, 2.24) is 25.2 Å². The normalized spacial score (nSPS) is 17.9. The molecule has 1 aliphatic heterocycles. The van der Waals surface area contributed by atoms with Gasteiger partial charge in [-0.25, -0.2) is 0 Å². The van der Waals surface area contributed by atoms with E-state index < -0.39 is 0 Å². The first-order valence-corrected chi connectivity index (χ1v) is 8.46. The molecule has 1 N–H and O–H groups in total. The van der Waals surface area contributed by atoms with Crippen molar-refractivity contribution in [2.45, 2.75) is 38.6 Å². The van der Waals surface area contributed by atoms with Gasteiger partial charge in [-0.1, -0.05) is 19.0 Å². The third-order valence-electron chi connectivity index (χ3n) is 4.49. The topological polar surface area (TPSA) is 71.5 Å². The van der Waals surface area contributed by atoms with E-state index in [9.17, 15) is 0 Å². The summed E-state index contributed by atoms with van der Waals surface area (Å²) in [5.41, 5.74) is 2.28. The number of nitrogens with one attached hydrogen (secondary N) is 1. The van der Waals surface area contributed by atoms with Gasteiger partial charge in [0.25, 0.3) is 0 Å². The molecule has 1 saturated heterocycles. The summed E-state index contributed by atoms with van der Waals surface area (Å²) in [4.78, 5) is 6.70. The zero-order chi connectivity index (χ0) is 17.1. The van der Waals surface area contributed by atoms with Gasteiger partial charge in [-0.05, 0) is 17.9 Å². The van der Waals surface area contributed by atoms with Crippen molar-refractivity contribution in [3.63, 3.8) is 0 Å². The molecule has 0 bridgehead atoms. The van der Waals surface area contributed by atoms with Crippen LogP contribution in [0.2, 0.25) is 0 Å². The molecule has 0 aliphatic carbocycles. The van der Waals surface area contributed by atoms with E-state index in [-0.39, 0.29) is 24.0 Å². The molecule has 1 fully saturated rings. The second kappa shape index (κ2) is 8.68. The number of guanidine groups is 1. The third kappa shape index (κ3) is 4.74. The van der Waals surface area contributed by atoms with E-state index in [0.29, 0.717) is 18.4 Å². The zero-order valence-electron chi connectivity index (χ0n) is 15.3. The van der Waals surface area contributed by atoms with Crippen molar-refractivity contribution in [1.29, 1.82) is 0 Å². The average Bonchev–Trinajstić information content (AvgIpc) is 3.27. The highest BCUT2D eigenvalue weighted by molar-refractivity contribution is 14.0. The second-order valence-electron chi connectivity index (χ2n) is 6.65. The molecule has 0 radical (unpaired) electrons. The Morgan fingerprint density at radius 2 is 2.28 bits per heavy atom. The maximum Gasteiger partial charge on any atom is 0.194 e. The molecule has 0 aromatic carbocycles. The van der Waals surface area contributed by atoms with E-state index >= 15 is 0 Å². The van der Waals surface area contributed by atoms with E-state index in [2.05, 4.69) is 45.5 Å². The van der Waals surface area contributed by atoms with Crippen molar-refractivity contribution < 1.29 is 4.52 Å². The molecule has 0 saturated carbocycles. The lowest BCUT2D eigenvalue weighted by molar-refractivity contribution is 0.369. The Morgan fingerprint density at radius 3 is 2.88 bits per heavy atom. The summed E-state index contributed by atoms with van der Waals surface area (Å²) in [7, 11) is 3.78. The van der Waals surface area contributed by atoms with Crippen molar-refractivity contribution in [2.75, 3.05) is 20.1 Å². The Hall–Kier alpha value is -1.58. The fourth-order valence-corrected chi connectivity index (χ4v) is 3.06. The first-order chi connectivity index (χ1) is 11.6. The smallest absolute Gasteiger partial charge is 0.194 e. The number of likely N-dealkylation sites (tertiary alicyclic amines) is 1. The van der Waals surface area contributed by atoms with Gasteiger partial charge in [-0.15, -0.1) is 24.0 Å². The van der Waals surface area contributed by atoms with E-state index in [4.69, 9.17) is 4.52 Å². The van der Waals surface area contributed by atoms with Crippen molar-refractivity contribution in [3.05, 3.63) is 35.5 Å². The van der Waals surface area contributed by atoms with Crippen LogP contribution in [0.1, 0.15) is 49.1 Å². The molecule has 3 heterocycles. The monoisotopic (exact) mass is 458 g/mol. The largest absolute Gasteiger partial charge is 0.359 e. The second-order valence-corrected chi connectivity index (χ2v) is 6.65. The van der Waals surface area contributed by atoms with Crippen LogP contribution in [0.5, 0.6) is 0 Å². The molecule has 1 unspecified atom stereocenters. The van der Waals surface area contributed by atoms with Gasteiger partial charge in [0.2, 0.25) is 0 Å². The molecular weight excluding hydrogens is 431 g/mol. The third-order valence-corrected chi connectivity index (χ3v) is 4.49. The molecule has 1 aliphatic rings. The molecular formula is C17H27IN6O. The Kier molecular flexibility index (Phi) is 6.86. The lowest BCUT2D eigenvalue weighted by atomic mass is 10.0. The molecule has 8 heteroatoms. The zero-order valence-corrected chi connectivity index (χ0v) is 17.6. The van der Waals surface area contributed by atoms with Crippen LogP contribution < -0.4 is 5.32 Å². The SMILES string of the molecule is CN=C(NCc1cc(C(C)C)no1)N1CCC(c2cnn(C)c2)C1.I. The van der Waals surface area contributed by atoms with E-state index in [1.807, 2.05) is 31.0 Å². The van der Waals surface area contributed by atoms with Gasteiger partial charge >= 0.3 is 0 Å². The van der Waals surface area contributed by atoms with Gasteiger partial charge in [-0.2, -0.15) is 5.10 Å². The highest BCUT2D eigenvalue weighted by Crippen LogP contribution is 2.26. The van der Waals surface area contributed by atoms with Gasteiger partial charge in [0.1, 0.15) is 0 Å². The van der Waals surface area contributed by atoms with Crippen LogP contribution in [0.3, 0.4) is 0 Å². The van der Waals surface area contributed by atoms with E-state index in [0.717, 1.165) is 36.9 Å². The molecule has 0 amide bonds. The molecule has 1 atom stereocenters. The highest BCUT2D eigenvalue weighted by atomic mass is 127. The number of hydrogen-bond acceptors (Lipinski definition) is 4. The molecule has 138 valence electrons. The summed E-state index contributed by atoms with van der Waals surface area (Å²) >= 11 is 0. The van der Waals surface area contributed by atoms with Gasteiger partial charge in [-0.3, -0.25) is 9.67 Å². The maximum absolute atomic E-state index is 5.38. The van der Waals surface area contributed by atoms with Gasteiger partial charge < -0.3 is 14.7 Å². The molecule has 2 aromatic heterocycles. The number of hydrogen-bond donors (Lipinski definition) is 1. The van der Waals surface area contributed by atoms with Crippen LogP contribution in [0.15, 0.2) is 28.0 Å². The summed E-state index contributed by atoms with van der Waals surface area (Å²) in [5, 5.41) is 11.7. The van der Waals surface area contributed by atoms with Crippen LogP contribution in [-0.2, 0) is 13.6 Å². The molecule has 2 aromatic rings. The number of aromatic nitrogens is 3. The summed E-state index contributed by atoms with van der Waals surface area (Å²) in [6.45, 7) is 6.76. The van der Waals surface area contributed by atoms with Gasteiger partial charge in [0, 0.05) is 45.4 Å². The van der Waals surface area contributed by atoms with Gasteiger partial charge in [0.05, 0.1) is 18.4 Å². The fraction of sp³-hybridized carbons (Fsp3) is 0.588. The summed E-state index contributed by atoms with van der Waals surface area (Å²) in [5.74, 6) is 2.63. The Bertz CT molecular complexity index is 708. The molecule has 0 spiro atoms. The van der Waals surface area contributed by atoms with Crippen LogP contribution in [0, 0.1) is 0 Å². The number of rotatable bonds is 4. The van der Waals surface area contributed by atoms with Crippen LogP contribution >= 0.6 is 24.0 Å². The van der Waals surface area contributed by atoms with Crippen molar-refractivity contribution >= 4 is 29.9 Å². The maximum atomic E-state index is 5.38. The van der Waals surface area contributed by atoms with Crippen molar-refractivity contribution in [2.24, 2.45) is 12.0 Å². The van der Waals surface area contributed by atoms with E-state index in [1.165, 1.54) is 5.56 Å². The Morgan fingerprint density at radius 1 is 1.48 bits per heavy atom. The molecule has 7 nitrogen and oxygen atoms in total. The minimum absolute atomic E-state index is 0. The molecule has 3 rings (SSSR count). The van der Waals surface area contributed by atoms with Crippen molar-refractivity contribution in [3.8, 4) is 0 Å². The predicted octanol–water partition coefficient (Wildman–Crippen LogP) is 2.71. The first kappa shape index (κ1) is 19.7. The van der Waals surface area contributed by atoms with Crippen LogP contribution in [-0.4, -0.2) is 45.9 Å². The lowest BCUT2D eigenvalue weighted by Gasteiger charge is -2.21. The van der Waals surface area contributed by atoms with Gasteiger partial charge in [0.15, 0.2) is 11.7 Å². The Labute approximate surface area is 165 Å².